The summed E-state index contributed by atoms with van der Waals surface area (Å²) in [5, 5.41) is 9.03. The van der Waals surface area contributed by atoms with Gasteiger partial charge in [-0.1, -0.05) is 18.2 Å². The Morgan fingerprint density at radius 2 is 1.89 bits per heavy atom. The molecule has 1 N–H and O–H groups in total. The molecule has 0 fully saturated rings. The molecule has 1 heterocycles. The molecule has 96 valence electrons. The third-order valence-corrected chi connectivity index (χ3v) is 4.83. The molecule has 1 aromatic heterocycles. The molecule has 0 saturated carbocycles. The summed E-state index contributed by atoms with van der Waals surface area (Å²) in [7, 11) is -3.70. The van der Waals surface area contributed by atoms with Crippen LogP contribution in [0.15, 0.2) is 30.3 Å². The molecule has 2 aromatic rings. The van der Waals surface area contributed by atoms with Gasteiger partial charge in [0, 0.05) is 5.39 Å². The first-order valence-electron chi connectivity index (χ1n) is 5.44. The normalized spacial score (nSPS) is 12.2. The van der Waals surface area contributed by atoms with Crippen molar-refractivity contribution < 1.29 is 18.3 Å². The fraction of sp³-hybridized carbons (Fsp3) is 0.250. The lowest BCUT2D eigenvalue weighted by atomic mass is 10.2. The van der Waals surface area contributed by atoms with Crippen LogP contribution in [0, 0.1) is 0 Å². The van der Waals surface area contributed by atoms with Crippen LogP contribution in [0.1, 0.15) is 24.3 Å². The summed E-state index contributed by atoms with van der Waals surface area (Å²) in [6, 6.07) is 8.08. The predicted octanol–water partition coefficient (Wildman–Crippen LogP) is 1.93. The number of hydrogen-bond donors (Lipinski definition) is 1. The van der Waals surface area contributed by atoms with Gasteiger partial charge in [-0.2, -0.15) is 0 Å². The second kappa shape index (κ2) is 4.13. The quantitative estimate of drug-likeness (QED) is 0.921. The van der Waals surface area contributed by atoms with E-state index in [1.165, 1.54) is 19.9 Å². The molecule has 6 heteroatoms. The van der Waals surface area contributed by atoms with E-state index in [0.717, 1.165) is 3.97 Å². The van der Waals surface area contributed by atoms with Crippen LogP contribution < -0.4 is 0 Å². The van der Waals surface area contributed by atoms with Gasteiger partial charge in [0.05, 0.1) is 10.8 Å². The van der Waals surface area contributed by atoms with Crippen LogP contribution in [0.4, 0.5) is 0 Å². The highest BCUT2D eigenvalue weighted by molar-refractivity contribution is 7.90. The largest absolute Gasteiger partial charge is 0.477 e. The van der Waals surface area contributed by atoms with Crippen molar-refractivity contribution >= 4 is 26.9 Å². The first-order valence-corrected chi connectivity index (χ1v) is 6.94. The Morgan fingerprint density at radius 3 is 2.44 bits per heavy atom. The number of aromatic nitrogens is 1. The first kappa shape index (κ1) is 12.6. The average molecular weight is 267 g/mol. The van der Waals surface area contributed by atoms with Crippen molar-refractivity contribution in [2.75, 3.05) is 0 Å². The molecule has 0 amide bonds. The van der Waals surface area contributed by atoms with Crippen molar-refractivity contribution in [2.45, 2.75) is 19.1 Å². The molecule has 0 aliphatic heterocycles. The topological polar surface area (TPSA) is 76.4 Å². The zero-order valence-electron chi connectivity index (χ0n) is 9.99. The molecule has 0 radical (unpaired) electrons. The summed E-state index contributed by atoms with van der Waals surface area (Å²) in [5.41, 5.74) is 0.161. The van der Waals surface area contributed by atoms with Crippen molar-refractivity contribution in [2.24, 2.45) is 0 Å². The lowest BCUT2D eigenvalue weighted by Crippen LogP contribution is -2.25. The van der Waals surface area contributed by atoms with E-state index in [0.29, 0.717) is 10.9 Å². The van der Waals surface area contributed by atoms with Crippen LogP contribution in [0.25, 0.3) is 10.9 Å². The minimum absolute atomic E-state index is 0.232. The Morgan fingerprint density at radius 1 is 1.28 bits per heavy atom. The number of benzene rings is 1. The fourth-order valence-electron chi connectivity index (χ4n) is 1.76. The van der Waals surface area contributed by atoms with Crippen molar-refractivity contribution in [3.8, 4) is 0 Å². The van der Waals surface area contributed by atoms with Crippen molar-refractivity contribution in [1.29, 1.82) is 0 Å². The number of hydrogen-bond acceptors (Lipinski definition) is 3. The number of nitrogens with zero attached hydrogens (tertiary/aromatic N) is 1. The first-order chi connectivity index (χ1) is 8.35. The second-order valence-electron chi connectivity index (χ2n) is 4.25. The maximum atomic E-state index is 12.2. The average Bonchev–Trinajstić information content (AvgIpc) is 2.68. The molecule has 18 heavy (non-hydrogen) atoms. The number of carboxylic acids is 1. The molecule has 0 spiro atoms. The van der Waals surface area contributed by atoms with Crippen LogP contribution in [0.5, 0.6) is 0 Å². The fourth-order valence-corrected chi connectivity index (χ4v) is 3.03. The summed E-state index contributed by atoms with van der Waals surface area (Å²) in [5.74, 6) is -1.25. The number of rotatable bonds is 3. The molecular formula is C12H13NO4S. The van der Waals surface area contributed by atoms with E-state index in [9.17, 15) is 13.2 Å². The molecular weight excluding hydrogens is 254 g/mol. The van der Waals surface area contributed by atoms with Gasteiger partial charge in [0.25, 0.3) is 0 Å². The van der Waals surface area contributed by atoms with Gasteiger partial charge in [0.1, 0.15) is 5.69 Å². The second-order valence-corrected chi connectivity index (χ2v) is 6.59. The number of carboxylic acid groups (broad SMARTS) is 1. The van der Waals surface area contributed by atoms with E-state index in [1.54, 1.807) is 24.3 Å². The van der Waals surface area contributed by atoms with Crippen LogP contribution in [-0.4, -0.2) is 28.7 Å². The highest BCUT2D eigenvalue weighted by Crippen LogP contribution is 2.23. The van der Waals surface area contributed by atoms with E-state index in [-0.39, 0.29) is 5.69 Å². The monoisotopic (exact) mass is 267 g/mol. The molecule has 5 nitrogen and oxygen atoms in total. The Bertz CT molecular complexity index is 713. The van der Waals surface area contributed by atoms with Crippen LogP contribution >= 0.6 is 0 Å². The zero-order valence-corrected chi connectivity index (χ0v) is 10.8. The van der Waals surface area contributed by atoms with Crippen molar-refractivity contribution in [3.05, 3.63) is 36.0 Å². The van der Waals surface area contributed by atoms with Gasteiger partial charge in [-0.3, -0.25) is 0 Å². The maximum Gasteiger partial charge on any atom is 0.353 e. The van der Waals surface area contributed by atoms with Gasteiger partial charge in [0.15, 0.2) is 0 Å². The van der Waals surface area contributed by atoms with Crippen LogP contribution in [0.2, 0.25) is 0 Å². The number of para-hydroxylation sites is 1. The molecule has 0 saturated heterocycles. The maximum absolute atomic E-state index is 12.2. The van der Waals surface area contributed by atoms with Gasteiger partial charge >= 0.3 is 5.97 Å². The Kier molecular flexibility index (Phi) is 2.90. The van der Waals surface area contributed by atoms with Gasteiger partial charge in [0.2, 0.25) is 10.0 Å². The minimum atomic E-state index is -3.70. The lowest BCUT2D eigenvalue weighted by Gasteiger charge is -2.12. The Labute approximate surface area is 105 Å². The van der Waals surface area contributed by atoms with E-state index in [1.807, 2.05) is 0 Å². The van der Waals surface area contributed by atoms with Gasteiger partial charge in [-0.15, -0.1) is 0 Å². The Hall–Kier alpha value is -1.82. The molecule has 0 aliphatic rings. The molecule has 0 bridgehead atoms. The summed E-state index contributed by atoms with van der Waals surface area (Å²) < 4.78 is 25.4. The number of fused-ring (bicyclic) bond motifs is 1. The summed E-state index contributed by atoms with van der Waals surface area (Å²) in [6.07, 6.45) is 0. The third-order valence-electron chi connectivity index (χ3n) is 2.74. The van der Waals surface area contributed by atoms with E-state index >= 15 is 0 Å². The minimum Gasteiger partial charge on any atom is -0.477 e. The predicted molar refractivity (Wildman–Crippen MR) is 68.4 cm³/mol. The van der Waals surface area contributed by atoms with Crippen LogP contribution in [0.3, 0.4) is 0 Å². The SMILES string of the molecule is CC(C)S(=O)(=O)n1c(C(=O)O)cc2ccccc21. The molecule has 0 aliphatic carbocycles. The molecule has 0 unspecified atom stereocenters. The molecule has 2 rings (SSSR count). The summed E-state index contributed by atoms with van der Waals surface area (Å²) in [4.78, 5) is 11.2. The third kappa shape index (κ3) is 1.78. The van der Waals surface area contributed by atoms with E-state index < -0.39 is 21.2 Å². The summed E-state index contributed by atoms with van der Waals surface area (Å²) in [6.45, 7) is 3.05. The van der Waals surface area contributed by atoms with E-state index in [4.69, 9.17) is 5.11 Å². The Balaban J connectivity index is 2.91. The molecule has 1 aromatic carbocycles. The lowest BCUT2D eigenvalue weighted by molar-refractivity contribution is 0.0689. The van der Waals surface area contributed by atoms with Gasteiger partial charge in [-0.25, -0.2) is 17.2 Å². The highest BCUT2D eigenvalue weighted by Gasteiger charge is 2.26. The standard InChI is InChI=1S/C12H13NO4S/c1-8(2)18(16,17)13-10-6-4-3-5-9(10)7-11(13)12(14)15/h3-8H,1-2H3,(H,14,15). The van der Waals surface area contributed by atoms with Crippen LogP contribution in [-0.2, 0) is 10.0 Å². The number of carbonyl (C=O) groups is 1. The highest BCUT2D eigenvalue weighted by atomic mass is 32.2. The molecule has 0 atom stereocenters. The van der Waals surface area contributed by atoms with Crippen molar-refractivity contribution in [1.82, 2.24) is 3.97 Å². The van der Waals surface area contributed by atoms with E-state index in [2.05, 4.69) is 0 Å². The number of aromatic carboxylic acids is 1. The summed E-state index contributed by atoms with van der Waals surface area (Å²) >= 11 is 0. The zero-order chi connectivity index (χ0) is 13.5. The van der Waals surface area contributed by atoms with Crippen molar-refractivity contribution in [3.63, 3.8) is 0 Å². The van der Waals surface area contributed by atoms with Gasteiger partial charge < -0.3 is 5.11 Å². The smallest absolute Gasteiger partial charge is 0.353 e. The van der Waals surface area contributed by atoms with Gasteiger partial charge in [-0.05, 0) is 26.0 Å².